The first-order valence-corrected chi connectivity index (χ1v) is 22.7. The quantitative estimate of drug-likeness (QED) is 0.115. The molecule has 0 saturated heterocycles. The molecule has 50 heavy (non-hydrogen) atoms. The van der Waals surface area contributed by atoms with Crippen LogP contribution in [0.25, 0.3) is 0 Å². The smallest absolute Gasteiger partial charge is 0.294 e. The molecule has 4 N–H and O–H groups in total. The maximum Gasteiger partial charge on any atom is 0.294 e. The average Bonchev–Trinajstić information content (AvgIpc) is 3.06. The van der Waals surface area contributed by atoms with Crippen molar-refractivity contribution in [3.8, 4) is 0 Å². The lowest BCUT2D eigenvalue weighted by molar-refractivity contribution is 0.481. The zero-order valence-corrected chi connectivity index (χ0v) is 29.9. The molecule has 0 unspecified atom stereocenters. The van der Waals surface area contributed by atoms with Crippen LogP contribution < -0.4 is 32.1 Å². The Kier molecular flexibility index (Phi) is 9.74. The molecule has 15 nitrogen and oxygen atoms in total. The van der Waals surface area contributed by atoms with Gasteiger partial charge < -0.3 is 9.13 Å². The van der Waals surface area contributed by atoms with Crippen molar-refractivity contribution in [1.29, 1.82) is 0 Å². The van der Waals surface area contributed by atoms with E-state index < -0.39 is 85.2 Å². The van der Waals surface area contributed by atoms with Gasteiger partial charge in [0.1, 0.15) is 10.9 Å². The van der Waals surface area contributed by atoms with Gasteiger partial charge >= 0.3 is 0 Å². The van der Waals surface area contributed by atoms with Crippen LogP contribution in [-0.4, -0.2) is 56.9 Å². The Balaban J connectivity index is 1.89. The summed E-state index contributed by atoms with van der Waals surface area (Å²) in [5.74, 6) is 0. The van der Waals surface area contributed by atoms with Crippen LogP contribution in [0.5, 0.6) is 0 Å². The summed E-state index contributed by atoms with van der Waals surface area (Å²) < 4.78 is 166. The van der Waals surface area contributed by atoms with Crippen molar-refractivity contribution in [2.75, 3.05) is 0 Å². The molecule has 0 amide bonds. The molecule has 0 atom stereocenters. The van der Waals surface area contributed by atoms with E-state index in [-0.39, 0.29) is 21.2 Å². The summed E-state index contributed by atoms with van der Waals surface area (Å²) in [6.07, 6.45) is 0. The Hall–Kier alpha value is -3.87. The molecule has 0 spiro atoms. The first-order chi connectivity index (χ1) is 23.1. The van der Waals surface area contributed by atoms with Crippen LogP contribution in [0.2, 0.25) is 0 Å². The Morgan fingerprint density at radius 1 is 0.380 bits per heavy atom. The lowest BCUT2D eigenvalue weighted by Crippen LogP contribution is -2.34. The molecular formula is C29H23NO14P2S4. The topological polar surface area (TPSA) is 265 Å². The third kappa shape index (κ3) is 7.29. The number of benzene rings is 4. The van der Waals surface area contributed by atoms with E-state index in [1.165, 1.54) is 30.3 Å². The van der Waals surface area contributed by atoms with Gasteiger partial charge in [-0.1, -0.05) is 54.6 Å². The van der Waals surface area contributed by atoms with Crippen LogP contribution in [0, 0.1) is 0 Å². The normalized spacial score (nSPS) is 13.2. The molecule has 0 aliphatic heterocycles. The SMILES string of the molecule is O=P(c1cccc(S(=O)(=O)O)c1)(c1cccc(S(=O)(=O)O)c1)c1cccc(P(=O)(c2cccc(S(=O)(=O)O)c2)c2cccc(S(=O)(=O)O)c2)n1. The highest BCUT2D eigenvalue weighted by molar-refractivity contribution is 7.88. The Morgan fingerprint density at radius 3 is 0.820 bits per heavy atom. The fraction of sp³-hybridized carbons (Fsp3) is 0. The molecule has 0 bridgehead atoms. The molecule has 21 heteroatoms. The fourth-order valence-electron chi connectivity index (χ4n) is 4.95. The molecule has 0 saturated carbocycles. The Morgan fingerprint density at radius 2 is 0.600 bits per heavy atom. The van der Waals surface area contributed by atoms with E-state index in [2.05, 4.69) is 4.98 Å². The van der Waals surface area contributed by atoms with Crippen LogP contribution in [0.15, 0.2) is 135 Å². The Bertz CT molecular complexity index is 2390. The molecule has 0 radical (unpaired) electrons. The predicted molar refractivity (Wildman–Crippen MR) is 182 cm³/mol. The van der Waals surface area contributed by atoms with E-state index in [4.69, 9.17) is 0 Å². The van der Waals surface area contributed by atoms with Gasteiger partial charge in [0, 0.05) is 21.2 Å². The minimum absolute atomic E-state index is 0.318. The highest BCUT2D eigenvalue weighted by atomic mass is 32.2. The Labute approximate surface area is 286 Å². The number of rotatable bonds is 10. The molecule has 1 heterocycles. The van der Waals surface area contributed by atoms with Gasteiger partial charge in [-0.3, -0.25) is 18.2 Å². The number of hydrogen-bond donors (Lipinski definition) is 4. The second kappa shape index (κ2) is 13.0. The number of nitrogens with zero attached hydrogens (tertiary/aromatic N) is 1. The molecule has 4 aromatic carbocycles. The van der Waals surface area contributed by atoms with E-state index in [1.807, 2.05) is 0 Å². The monoisotopic (exact) mass is 799 g/mol. The van der Waals surface area contributed by atoms with Crippen molar-refractivity contribution in [2.45, 2.75) is 19.6 Å². The molecular weight excluding hydrogens is 777 g/mol. The van der Waals surface area contributed by atoms with Gasteiger partial charge in [0.05, 0.1) is 19.6 Å². The van der Waals surface area contributed by atoms with Crippen molar-refractivity contribution in [3.63, 3.8) is 0 Å². The van der Waals surface area contributed by atoms with Crippen molar-refractivity contribution in [3.05, 3.63) is 115 Å². The number of pyridine rings is 1. The summed E-state index contributed by atoms with van der Waals surface area (Å²) in [6, 6.07) is 20.2. The van der Waals surface area contributed by atoms with Crippen LogP contribution in [0.1, 0.15) is 0 Å². The van der Waals surface area contributed by atoms with Crippen LogP contribution in [0.3, 0.4) is 0 Å². The van der Waals surface area contributed by atoms with Gasteiger partial charge in [0.15, 0.2) is 14.3 Å². The molecule has 0 aliphatic rings. The van der Waals surface area contributed by atoms with Gasteiger partial charge in [0.2, 0.25) is 0 Å². The highest BCUT2D eigenvalue weighted by Gasteiger charge is 2.38. The third-order valence-corrected chi connectivity index (χ3v) is 16.5. The zero-order valence-electron chi connectivity index (χ0n) is 24.8. The summed E-state index contributed by atoms with van der Waals surface area (Å²) >= 11 is 0. The van der Waals surface area contributed by atoms with E-state index in [0.29, 0.717) is 0 Å². The summed E-state index contributed by atoms with van der Waals surface area (Å²) in [7, 11) is -28.7. The van der Waals surface area contributed by atoms with Crippen LogP contribution in [0.4, 0.5) is 0 Å². The van der Waals surface area contributed by atoms with E-state index >= 15 is 9.13 Å². The minimum Gasteiger partial charge on any atom is -0.307 e. The van der Waals surface area contributed by atoms with Gasteiger partial charge in [-0.15, -0.1) is 0 Å². The van der Waals surface area contributed by atoms with Gasteiger partial charge in [-0.2, -0.15) is 33.7 Å². The largest absolute Gasteiger partial charge is 0.307 e. The highest BCUT2D eigenvalue weighted by Crippen LogP contribution is 2.45. The lowest BCUT2D eigenvalue weighted by Gasteiger charge is -2.23. The minimum atomic E-state index is -4.88. The van der Waals surface area contributed by atoms with Crippen LogP contribution >= 0.6 is 14.3 Å². The molecule has 1 aromatic heterocycles. The predicted octanol–water partition coefficient (Wildman–Crippen LogP) is 1.35. The van der Waals surface area contributed by atoms with Crippen molar-refractivity contribution < 1.29 is 61.0 Å². The molecule has 5 rings (SSSR count). The average molecular weight is 800 g/mol. The van der Waals surface area contributed by atoms with Crippen molar-refractivity contribution in [2.24, 2.45) is 0 Å². The second-order valence-electron chi connectivity index (χ2n) is 10.5. The van der Waals surface area contributed by atoms with E-state index in [9.17, 15) is 51.9 Å². The zero-order chi connectivity index (χ0) is 36.9. The van der Waals surface area contributed by atoms with Crippen molar-refractivity contribution in [1.82, 2.24) is 4.98 Å². The summed E-state index contributed by atoms with van der Waals surface area (Å²) in [6.45, 7) is 0. The van der Waals surface area contributed by atoms with E-state index in [1.54, 1.807) is 0 Å². The van der Waals surface area contributed by atoms with Crippen molar-refractivity contribution >= 4 is 86.8 Å². The molecule has 0 fully saturated rings. The van der Waals surface area contributed by atoms with Crippen LogP contribution in [-0.2, 0) is 49.6 Å². The maximum atomic E-state index is 15.4. The summed E-state index contributed by atoms with van der Waals surface area (Å²) in [4.78, 5) is 1.61. The maximum absolute atomic E-state index is 15.4. The molecule has 5 aromatic rings. The van der Waals surface area contributed by atoms with Gasteiger partial charge in [-0.05, 0) is 60.7 Å². The third-order valence-electron chi connectivity index (χ3n) is 7.28. The summed E-state index contributed by atoms with van der Waals surface area (Å²) in [5.41, 5.74) is -0.904. The molecule has 262 valence electrons. The first kappa shape index (κ1) is 37.4. The number of aromatic nitrogens is 1. The van der Waals surface area contributed by atoms with Gasteiger partial charge in [0.25, 0.3) is 40.5 Å². The lowest BCUT2D eigenvalue weighted by atomic mass is 10.4. The fourth-order valence-corrected chi connectivity index (χ4v) is 12.7. The van der Waals surface area contributed by atoms with Gasteiger partial charge in [-0.25, -0.2) is 4.98 Å². The molecule has 0 aliphatic carbocycles. The standard InChI is InChI=1S/C29H23NO14P2S4/c31-45(20-6-1-10-24(16-20)47(33,34)35,21-7-2-11-25(17-21)48(36,37)38)28-14-5-15-29(30-28)46(32,22-8-3-12-26(18-22)49(39,40)41)23-9-4-13-27(19-23)50(42,43)44/h1-19H,(H,33,34,35)(H,36,37,38)(H,39,40,41)(H,42,43,44). The summed E-state index contributed by atoms with van der Waals surface area (Å²) in [5, 5.41) is -1.27. The first-order valence-electron chi connectivity index (χ1n) is 13.6. The number of hydrogen-bond acceptors (Lipinski definition) is 11. The van der Waals surface area contributed by atoms with E-state index in [0.717, 1.165) is 84.9 Å². The second-order valence-corrected chi connectivity index (χ2v) is 21.6.